The molecular weight excluding hydrogens is 348 g/mol. The van der Waals surface area contributed by atoms with Gasteiger partial charge in [0.15, 0.2) is 0 Å². The topological polar surface area (TPSA) is 50.8 Å². The molecule has 0 saturated carbocycles. The van der Waals surface area contributed by atoms with Crippen LogP contribution in [0.15, 0.2) is 42.5 Å². The van der Waals surface area contributed by atoms with Crippen LogP contribution in [0, 0.1) is 13.8 Å². The minimum absolute atomic E-state index is 0.152. The SMILES string of the molecule is Cc1cccc(NC(=O)c2ccc(OC(=S)N3CCOCC3)cc2)c1C. The number of carbonyl (C=O) groups is 1. The van der Waals surface area contributed by atoms with Gasteiger partial charge >= 0.3 is 0 Å². The Morgan fingerprint density at radius 1 is 1.12 bits per heavy atom. The van der Waals surface area contributed by atoms with E-state index >= 15 is 0 Å². The Morgan fingerprint density at radius 3 is 2.50 bits per heavy atom. The summed E-state index contributed by atoms with van der Waals surface area (Å²) in [6.07, 6.45) is 0. The van der Waals surface area contributed by atoms with Gasteiger partial charge in [-0.3, -0.25) is 4.79 Å². The lowest BCUT2D eigenvalue weighted by molar-refractivity contribution is 0.0631. The number of hydrogen-bond acceptors (Lipinski definition) is 4. The summed E-state index contributed by atoms with van der Waals surface area (Å²) in [5.41, 5.74) is 3.60. The van der Waals surface area contributed by atoms with E-state index in [0.29, 0.717) is 29.7 Å². The fourth-order valence-corrected chi connectivity index (χ4v) is 2.95. The Labute approximate surface area is 158 Å². The van der Waals surface area contributed by atoms with Crippen molar-refractivity contribution in [3.63, 3.8) is 0 Å². The number of carbonyl (C=O) groups excluding carboxylic acids is 1. The number of benzene rings is 2. The van der Waals surface area contributed by atoms with Crippen molar-refractivity contribution >= 4 is 29.0 Å². The standard InChI is InChI=1S/C20H22N2O3S/c1-14-4-3-5-18(15(14)2)21-19(23)16-6-8-17(9-7-16)25-20(26)22-10-12-24-13-11-22/h3-9H,10-13H2,1-2H3,(H,21,23). The largest absolute Gasteiger partial charge is 0.432 e. The molecule has 1 amide bonds. The monoisotopic (exact) mass is 370 g/mol. The Hall–Kier alpha value is -2.44. The Balaban J connectivity index is 1.62. The van der Waals surface area contributed by atoms with Gasteiger partial charge in [-0.2, -0.15) is 0 Å². The first-order valence-corrected chi connectivity index (χ1v) is 8.97. The van der Waals surface area contributed by atoms with E-state index in [9.17, 15) is 4.79 Å². The Kier molecular flexibility index (Phi) is 5.85. The number of morpholine rings is 1. The molecule has 1 aliphatic rings. The minimum atomic E-state index is -0.152. The number of hydrogen-bond donors (Lipinski definition) is 1. The van der Waals surface area contributed by atoms with Crippen molar-refractivity contribution in [1.29, 1.82) is 0 Å². The highest BCUT2D eigenvalue weighted by Gasteiger charge is 2.15. The molecule has 1 fully saturated rings. The zero-order valence-corrected chi connectivity index (χ0v) is 15.8. The molecule has 1 saturated heterocycles. The maximum Gasteiger partial charge on any atom is 0.264 e. The third-order valence-corrected chi connectivity index (χ3v) is 4.79. The summed E-state index contributed by atoms with van der Waals surface area (Å²) >= 11 is 5.32. The maximum atomic E-state index is 12.5. The first kappa shape index (κ1) is 18.4. The van der Waals surface area contributed by atoms with Crippen LogP contribution in [0.4, 0.5) is 5.69 Å². The van der Waals surface area contributed by atoms with Crippen molar-refractivity contribution in [2.75, 3.05) is 31.6 Å². The number of amides is 1. The molecule has 0 atom stereocenters. The summed E-state index contributed by atoms with van der Waals surface area (Å²) in [6, 6.07) is 12.8. The third-order valence-electron chi connectivity index (χ3n) is 4.44. The van der Waals surface area contributed by atoms with Crippen LogP contribution in [0.3, 0.4) is 0 Å². The molecule has 0 bridgehead atoms. The number of rotatable bonds is 3. The van der Waals surface area contributed by atoms with E-state index in [0.717, 1.165) is 29.9 Å². The molecule has 26 heavy (non-hydrogen) atoms. The van der Waals surface area contributed by atoms with Crippen LogP contribution in [0.1, 0.15) is 21.5 Å². The summed E-state index contributed by atoms with van der Waals surface area (Å²) < 4.78 is 11.0. The summed E-state index contributed by atoms with van der Waals surface area (Å²) in [4.78, 5) is 14.4. The zero-order valence-electron chi connectivity index (χ0n) is 15.0. The third kappa shape index (κ3) is 4.39. The second-order valence-electron chi connectivity index (χ2n) is 6.19. The summed E-state index contributed by atoms with van der Waals surface area (Å²) in [5.74, 6) is 0.464. The van der Waals surface area contributed by atoms with Gasteiger partial charge in [-0.1, -0.05) is 12.1 Å². The van der Waals surface area contributed by atoms with Crippen LogP contribution < -0.4 is 10.1 Å². The predicted octanol–water partition coefficient (Wildman–Crippen LogP) is 3.55. The minimum Gasteiger partial charge on any atom is -0.432 e. The number of thiocarbonyl (C=S) groups is 1. The van der Waals surface area contributed by atoms with Gasteiger partial charge in [0.2, 0.25) is 0 Å². The van der Waals surface area contributed by atoms with Crippen molar-refractivity contribution in [3.05, 3.63) is 59.2 Å². The number of aryl methyl sites for hydroxylation is 1. The summed E-state index contributed by atoms with van der Waals surface area (Å²) in [7, 11) is 0. The second kappa shape index (κ2) is 8.29. The van der Waals surface area contributed by atoms with Gasteiger partial charge in [-0.25, -0.2) is 0 Å². The van der Waals surface area contributed by atoms with Gasteiger partial charge < -0.3 is 19.7 Å². The molecule has 2 aromatic rings. The molecule has 0 spiro atoms. The molecule has 0 radical (unpaired) electrons. The van der Waals surface area contributed by atoms with Crippen LogP contribution in [0.5, 0.6) is 5.75 Å². The first-order chi connectivity index (χ1) is 12.5. The van der Waals surface area contributed by atoms with E-state index in [2.05, 4.69) is 5.32 Å². The average molecular weight is 370 g/mol. The molecule has 2 aromatic carbocycles. The van der Waals surface area contributed by atoms with Gasteiger partial charge in [-0.05, 0) is 67.5 Å². The lowest BCUT2D eigenvalue weighted by atomic mass is 10.1. The van der Waals surface area contributed by atoms with Crippen molar-refractivity contribution in [2.45, 2.75) is 13.8 Å². The molecular formula is C20H22N2O3S. The normalized spacial score (nSPS) is 14.0. The van der Waals surface area contributed by atoms with Gasteiger partial charge in [0.1, 0.15) is 5.75 Å². The van der Waals surface area contributed by atoms with Crippen molar-refractivity contribution in [3.8, 4) is 5.75 Å². The molecule has 0 unspecified atom stereocenters. The zero-order chi connectivity index (χ0) is 18.5. The number of nitrogens with zero attached hydrogens (tertiary/aromatic N) is 1. The predicted molar refractivity (Wildman–Crippen MR) is 106 cm³/mol. The van der Waals surface area contributed by atoms with E-state index < -0.39 is 0 Å². The highest BCUT2D eigenvalue weighted by molar-refractivity contribution is 7.80. The summed E-state index contributed by atoms with van der Waals surface area (Å²) in [6.45, 7) is 6.79. The fraction of sp³-hybridized carbons (Fsp3) is 0.300. The van der Waals surface area contributed by atoms with E-state index in [1.807, 2.05) is 36.9 Å². The number of ether oxygens (including phenoxy) is 2. The molecule has 0 aliphatic carbocycles. The van der Waals surface area contributed by atoms with E-state index in [-0.39, 0.29) is 5.91 Å². The van der Waals surface area contributed by atoms with Crippen LogP contribution in [0.2, 0.25) is 0 Å². The van der Waals surface area contributed by atoms with Crippen molar-refractivity contribution < 1.29 is 14.3 Å². The van der Waals surface area contributed by atoms with E-state index in [1.165, 1.54) is 0 Å². The van der Waals surface area contributed by atoms with Gasteiger partial charge in [0.25, 0.3) is 11.1 Å². The lowest BCUT2D eigenvalue weighted by Gasteiger charge is -2.28. The van der Waals surface area contributed by atoms with Crippen molar-refractivity contribution in [2.24, 2.45) is 0 Å². The van der Waals surface area contributed by atoms with Crippen LogP contribution in [0.25, 0.3) is 0 Å². The van der Waals surface area contributed by atoms with Crippen molar-refractivity contribution in [1.82, 2.24) is 4.90 Å². The molecule has 1 N–H and O–H groups in total. The second-order valence-corrected chi connectivity index (χ2v) is 6.54. The molecule has 136 valence electrons. The van der Waals surface area contributed by atoms with Gasteiger partial charge in [0, 0.05) is 24.3 Å². The smallest absolute Gasteiger partial charge is 0.264 e. The highest BCUT2D eigenvalue weighted by Crippen LogP contribution is 2.20. The van der Waals surface area contributed by atoms with Crippen LogP contribution >= 0.6 is 12.2 Å². The maximum absolute atomic E-state index is 12.5. The molecule has 3 rings (SSSR count). The number of anilines is 1. The number of nitrogens with one attached hydrogen (secondary N) is 1. The van der Waals surface area contributed by atoms with Gasteiger partial charge in [-0.15, -0.1) is 0 Å². The molecule has 5 nitrogen and oxygen atoms in total. The van der Waals surface area contributed by atoms with E-state index in [1.54, 1.807) is 24.3 Å². The quantitative estimate of drug-likeness (QED) is 0.838. The van der Waals surface area contributed by atoms with E-state index in [4.69, 9.17) is 21.7 Å². The van der Waals surface area contributed by atoms with Gasteiger partial charge in [0.05, 0.1) is 13.2 Å². The van der Waals surface area contributed by atoms with Crippen LogP contribution in [-0.2, 0) is 4.74 Å². The Bertz CT molecular complexity index is 799. The molecule has 0 aromatic heterocycles. The molecule has 6 heteroatoms. The van der Waals surface area contributed by atoms with Crippen LogP contribution in [-0.4, -0.2) is 42.3 Å². The Morgan fingerprint density at radius 2 is 1.81 bits per heavy atom. The highest BCUT2D eigenvalue weighted by atomic mass is 32.1. The fourth-order valence-electron chi connectivity index (χ4n) is 2.67. The molecule has 1 heterocycles. The first-order valence-electron chi connectivity index (χ1n) is 8.57. The average Bonchev–Trinajstić information content (AvgIpc) is 2.66. The molecule has 1 aliphatic heterocycles. The summed E-state index contributed by atoms with van der Waals surface area (Å²) in [5, 5.41) is 3.38. The lowest BCUT2D eigenvalue weighted by Crippen LogP contribution is -2.42.